The lowest BCUT2D eigenvalue weighted by molar-refractivity contribution is -0.0440. The van der Waals surface area contributed by atoms with E-state index in [0.29, 0.717) is 18.7 Å². The second-order valence-corrected chi connectivity index (χ2v) is 9.57. The van der Waals surface area contributed by atoms with E-state index in [1.54, 1.807) is 6.07 Å². The smallest absolute Gasteiger partial charge is 0.252 e. The Morgan fingerprint density at radius 3 is 2.57 bits per heavy atom. The normalized spacial score (nSPS) is 21.0. The van der Waals surface area contributed by atoms with Crippen LogP contribution in [0.5, 0.6) is 0 Å². The maximum absolute atomic E-state index is 12.7. The molecule has 0 bridgehead atoms. The van der Waals surface area contributed by atoms with Gasteiger partial charge in [-0.15, -0.1) is 0 Å². The van der Waals surface area contributed by atoms with Gasteiger partial charge in [-0.25, -0.2) is 8.42 Å². The van der Waals surface area contributed by atoms with Crippen LogP contribution in [0.25, 0.3) is 10.9 Å². The van der Waals surface area contributed by atoms with Crippen LogP contribution in [0, 0.1) is 13.8 Å². The molecule has 1 aromatic carbocycles. The Morgan fingerprint density at radius 2 is 1.89 bits per heavy atom. The molecule has 1 aliphatic heterocycles. The molecule has 2 heterocycles. The second kappa shape index (κ2) is 8.14. The molecule has 1 saturated heterocycles. The Kier molecular flexibility index (Phi) is 6.02. The third-order valence-electron chi connectivity index (χ3n) is 4.76. The number of sulfonamides is 1. The van der Waals surface area contributed by atoms with Crippen molar-refractivity contribution in [3.05, 3.63) is 41.1 Å². The molecule has 0 aliphatic carbocycles. The molecule has 28 heavy (non-hydrogen) atoms. The molecule has 2 unspecified atom stereocenters. The van der Waals surface area contributed by atoms with Crippen molar-refractivity contribution in [1.29, 1.82) is 0 Å². The number of carbonyl (C=O) groups is 1. The second-order valence-electron chi connectivity index (χ2n) is 7.48. The Balaban J connectivity index is 1.69. The van der Waals surface area contributed by atoms with E-state index in [0.717, 1.165) is 22.2 Å². The first-order chi connectivity index (χ1) is 13.2. The Morgan fingerprint density at radius 1 is 1.21 bits per heavy atom. The highest BCUT2D eigenvalue weighted by molar-refractivity contribution is 7.89. The fourth-order valence-corrected chi connectivity index (χ4v) is 5.03. The number of nitrogens with one attached hydrogen (secondary N) is 1. The summed E-state index contributed by atoms with van der Waals surface area (Å²) in [6.45, 7) is 8.24. The molecule has 1 N–H and O–H groups in total. The predicted molar refractivity (Wildman–Crippen MR) is 109 cm³/mol. The number of aromatic nitrogens is 1. The van der Waals surface area contributed by atoms with Crippen LogP contribution in [-0.4, -0.2) is 61.2 Å². The molecule has 152 valence electrons. The Labute approximate surface area is 166 Å². The van der Waals surface area contributed by atoms with E-state index in [1.807, 2.05) is 45.9 Å². The highest BCUT2D eigenvalue weighted by Crippen LogP contribution is 2.20. The molecule has 2 aromatic rings. The first-order valence-electron chi connectivity index (χ1n) is 9.45. The Hall–Kier alpha value is -2.03. The summed E-state index contributed by atoms with van der Waals surface area (Å²) < 4.78 is 32.3. The molecule has 0 saturated carbocycles. The first kappa shape index (κ1) is 20.7. The number of aryl methyl sites for hydroxylation is 2. The third-order valence-corrected chi connectivity index (χ3v) is 6.57. The number of hydrogen-bond donors (Lipinski definition) is 1. The average Bonchev–Trinajstić information content (AvgIpc) is 2.60. The number of carbonyl (C=O) groups excluding carboxylic acids is 1. The molecule has 2 atom stereocenters. The van der Waals surface area contributed by atoms with Gasteiger partial charge in [0, 0.05) is 30.7 Å². The molecular formula is C20H27N3O4S. The molecule has 1 aromatic heterocycles. The number of pyridine rings is 1. The summed E-state index contributed by atoms with van der Waals surface area (Å²) in [7, 11) is -3.46. The van der Waals surface area contributed by atoms with Gasteiger partial charge in [0.2, 0.25) is 10.0 Å². The van der Waals surface area contributed by atoms with Crippen LogP contribution in [0.1, 0.15) is 35.5 Å². The largest absolute Gasteiger partial charge is 0.373 e. The fourth-order valence-electron chi connectivity index (χ4n) is 3.54. The highest BCUT2D eigenvalue weighted by atomic mass is 32.2. The number of morpholine rings is 1. The molecular weight excluding hydrogens is 378 g/mol. The summed E-state index contributed by atoms with van der Waals surface area (Å²) in [6, 6.07) is 7.49. The van der Waals surface area contributed by atoms with Gasteiger partial charge in [-0.2, -0.15) is 4.31 Å². The van der Waals surface area contributed by atoms with E-state index in [4.69, 9.17) is 4.74 Å². The van der Waals surface area contributed by atoms with Gasteiger partial charge in [0.25, 0.3) is 5.91 Å². The van der Waals surface area contributed by atoms with Crippen molar-refractivity contribution in [1.82, 2.24) is 14.6 Å². The maximum Gasteiger partial charge on any atom is 0.252 e. The van der Waals surface area contributed by atoms with Crippen LogP contribution in [0.4, 0.5) is 0 Å². The Bertz CT molecular complexity index is 980. The van der Waals surface area contributed by atoms with Crippen molar-refractivity contribution in [2.75, 3.05) is 25.4 Å². The monoisotopic (exact) mass is 405 g/mol. The van der Waals surface area contributed by atoms with E-state index in [2.05, 4.69) is 10.3 Å². The molecule has 3 rings (SSSR count). The first-order valence-corrected chi connectivity index (χ1v) is 11.1. The molecule has 1 fully saturated rings. The molecule has 1 amide bonds. The summed E-state index contributed by atoms with van der Waals surface area (Å²) in [4.78, 5) is 17.2. The molecule has 8 heteroatoms. The molecule has 1 aliphatic rings. The van der Waals surface area contributed by atoms with Crippen LogP contribution in [0.3, 0.4) is 0 Å². The number of fused-ring (bicyclic) bond motifs is 1. The van der Waals surface area contributed by atoms with Crippen LogP contribution >= 0.6 is 0 Å². The van der Waals surface area contributed by atoms with E-state index in [-0.39, 0.29) is 30.4 Å². The summed E-state index contributed by atoms with van der Waals surface area (Å²) in [6.07, 6.45) is -0.273. The zero-order chi connectivity index (χ0) is 20.5. The number of rotatable bonds is 5. The van der Waals surface area contributed by atoms with Gasteiger partial charge in [0.15, 0.2) is 0 Å². The van der Waals surface area contributed by atoms with Gasteiger partial charge < -0.3 is 10.1 Å². The quantitative estimate of drug-likeness (QED) is 0.822. The highest BCUT2D eigenvalue weighted by Gasteiger charge is 2.30. The van der Waals surface area contributed by atoms with Crippen LogP contribution in [0.2, 0.25) is 0 Å². The van der Waals surface area contributed by atoms with Crippen molar-refractivity contribution >= 4 is 26.8 Å². The zero-order valence-electron chi connectivity index (χ0n) is 16.7. The van der Waals surface area contributed by atoms with E-state index < -0.39 is 10.0 Å². The number of benzene rings is 1. The summed E-state index contributed by atoms with van der Waals surface area (Å²) in [5.41, 5.74) is 3.03. The predicted octanol–water partition coefficient (Wildman–Crippen LogP) is 2.02. The molecule has 0 spiro atoms. The van der Waals surface area contributed by atoms with Crippen LogP contribution in [0.15, 0.2) is 24.3 Å². The van der Waals surface area contributed by atoms with Crippen molar-refractivity contribution < 1.29 is 17.9 Å². The van der Waals surface area contributed by atoms with Gasteiger partial charge in [-0.3, -0.25) is 9.78 Å². The summed E-state index contributed by atoms with van der Waals surface area (Å²) in [5.74, 6) is -0.431. The number of nitrogens with zero attached hydrogens (tertiary/aromatic N) is 2. The van der Waals surface area contributed by atoms with Crippen molar-refractivity contribution in [2.45, 2.75) is 39.9 Å². The lowest BCUT2D eigenvalue weighted by Crippen LogP contribution is -2.49. The third kappa shape index (κ3) is 4.68. The van der Waals surface area contributed by atoms with Crippen molar-refractivity contribution in [3.63, 3.8) is 0 Å². The molecule has 0 radical (unpaired) electrons. The van der Waals surface area contributed by atoms with Gasteiger partial charge in [-0.05, 0) is 45.9 Å². The molecule has 7 nitrogen and oxygen atoms in total. The van der Waals surface area contributed by atoms with E-state index >= 15 is 0 Å². The maximum atomic E-state index is 12.7. The van der Waals surface area contributed by atoms with E-state index in [9.17, 15) is 13.2 Å². The minimum Gasteiger partial charge on any atom is -0.373 e. The zero-order valence-corrected chi connectivity index (χ0v) is 17.5. The number of ether oxygens (including phenoxy) is 1. The minimum atomic E-state index is -3.46. The summed E-state index contributed by atoms with van der Waals surface area (Å²) >= 11 is 0. The van der Waals surface area contributed by atoms with Gasteiger partial charge >= 0.3 is 0 Å². The lowest BCUT2D eigenvalue weighted by atomic mass is 10.0. The van der Waals surface area contributed by atoms with E-state index in [1.165, 1.54) is 4.31 Å². The van der Waals surface area contributed by atoms with Gasteiger partial charge in [0.1, 0.15) is 0 Å². The van der Waals surface area contributed by atoms with Gasteiger partial charge in [-0.1, -0.05) is 11.6 Å². The standard InChI is InChI=1S/C20H27N3O4S/c1-13-5-6-19-17(9-13)18(10-14(2)22-19)20(24)21-7-8-28(25,26)23-11-15(3)27-16(4)12-23/h5-6,9-10,15-16H,7-8,11-12H2,1-4H3,(H,21,24). The summed E-state index contributed by atoms with van der Waals surface area (Å²) in [5, 5.41) is 3.52. The topological polar surface area (TPSA) is 88.6 Å². The lowest BCUT2D eigenvalue weighted by Gasteiger charge is -2.34. The van der Waals surface area contributed by atoms with Crippen LogP contribution < -0.4 is 5.32 Å². The van der Waals surface area contributed by atoms with Gasteiger partial charge in [0.05, 0.1) is 29.0 Å². The SMILES string of the molecule is Cc1ccc2nc(C)cc(C(=O)NCCS(=O)(=O)N3CC(C)OC(C)C3)c2c1. The minimum absolute atomic E-state index is 0.0516. The van der Waals surface area contributed by atoms with Crippen molar-refractivity contribution in [2.24, 2.45) is 0 Å². The van der Waals surface area contributed by atoms with Crippen molar-refractivity contribution in [3.8, 4) is 0 Å². The fraction of sp³-hybridized carbons (Fsp3) is 0.500. The number of amides is 1. The number of hydrogen-bond acceptors (Lipinski definition) is 5. The average molecular weight is 406 g/mol. The van der Waals surface area contributed by atoms with Crippen LogP contribution in [-0.2, 0) is 14.8 Å².